The van der Waals surface area contributed by atoms with E-state index >= 15 is 0 Å². The summed E-state index contributed by atoms with van der Waals surface area (Å²) in [7, 11) is 0. The van der Waals surface area contributed by atoms with Gasteiger partial charge in [0, 0.05) is 12.6 Å². The van der Waals surface area contributed by atoms with E-state index in [0.717, 1.165) is 12.1 Å². The topological polar surface area (TPSA) is 125 Å². The first-order valence-electron chi connectivity index (χ1n) is 9.77. The monoisotopic (exact) mass is 434 g/mol. The largest absolute Gasteiger partial charge is 0.490 e. The lowest BCUT2D eigenvalue weighted by atomic mass is 10.1. The van der Waals surface area contributed by atoms with E-state index in [1.54, 1.807) is 20.8 Å². The first-order valence-corrected chi connectivity index (χ1v) is 9.77. The van der Waals surface area contributed by atoms with Crippen molar-refractivity contribution >= 4 is 23.5 Å². The van der Waals surface area contributed by atoms with Crippen molar-refractivity contribution < 1.29 is 33.5 Å². The molecule has 1 fully saturated rings. The van der Waals surface area contributed by atoms with Gasteiger partial charge in [-0.3, -0.25) is 19.8 Å². The summed E-state index contributed by atoms with van der Waals surface area (Å²) in [6, 6.07) is 3.03. The normalized spacial score (nSPS) is 15.8. The van der Waals surface area contributed by atoms with Crippen LogP contribution in [0.15, 0.2) is 30.9 Å². The minimum absolute atomic E-state index is 0.0373. The third-order valence-electron chi connectivity index (χ3n) is 4.36. The molecule has 1 amide bonds. The number of benzene rings is 1. The lowest BCUT2D eigenvalue weighted by Gasteiger charge is -2.27. The molecule has 10 nitrogen and oxygen atoms in total. The highest BCUT2D eigenvalue weighted by molar-refractivity contribution is 6.07. The van der Waals surface area contributed by atoms with Gasteiger partial charge < -0.3 is 14.2 Å². The molecule has 1 saturated heterocycles. The summed E-state index contributed by atoms with van der Waals surface area (Å²) in [5.41, 5.74) is -1.17. The third-order valence-corrected chi connectivity index (χ3v) is 4.36. The van der Waals surface area contributed by atoms with E-state index in [4.69, 9.17) is 14.2 Å². The highest BCUT2D eigenvalue weighted by Crippen LogP contribution is 2.25. The van der Waals surface area contributed by atoms with Crippen LogP contribution in [0.5, 0.6) is 5.75 Å². The molecule has 0 aliphatic carbocycles. The predicted molar refractivity (Wildman–Crippen MR) is 110 cm³/mol. The maximum atomic E-state index is 12.4. The molecule has 1 aromatic carbocycles. The Morgan fingerprint density at radius 1 is 1.29 bits per heavy atom. The van der Waals surface area contributed by atoms with E-state index in [0.29, 0.717) is 19.4 Å². The van der Waals surface area contributed by atoms with Crippen LogP contribution in [0, 0.1) is 10.1 Å². The van der Waals surface area contributed by atoms with Gasteiger partial charge >= 0.3 is 12.1 Å². The van der Waals surface area contributed by atoms with E-state index in [9.17, 15) is 24.5 Å². The number of nitro benzene ring substituents is 1. The predicted octanol–water partition coefficient (Wildman–Crippen LogP) is 3.29. The molecule has 1 heterocycles. The van der Waals surface area contributed by atoms with Crippen LogP contribution in [-0.4, -0.2) is 59.1 Å². The van der Waals surface area contributed by atoms with Crippen LogP contribution in [0.3, 0.4) is 0 Å². The van der Waals surface area contributed by atoms with Crippen molar-refractivity contribution in [2.24, 2.45) is 0 Å². The number of esters is 1. The van der Waals surface area contributed by atoms with Crippen LogP contribution in [0.2, 0.25) is 0 Å². The number of nitro groups is 1. The Kier molecular flexibility index (Phi) is 7.73. The molecule has 168 valence electrons. The number of nitrogens with zero attached hydrogens (tertiary/aromatic N) is 2. The number of ether oxygens (including phenoxy) is 3. The van der Waals surface area contributed by atoms with Crippen LogP contribution in [0.1, 0.15) is 44.0 Å². The number of likely N-dealkylation sites (tertiary alicyclic amines) is 1. The van der Waals surface area contributed by atoms with Gasteiger partial charge in [-0.05, 0) is 51.8 Å². The fourth-order valence-electron chi connectivity index (χ4n) is 3.02. The molecular formula is C21H26N2O8. The molecule has 0 saturated carbocycles. The van der Waals surface area contributed by atoms with Gasteiger partial charge in [0.05, 0.1) is 4.92 Å². The molecule has 10 heteroatoms. The Balaban J connectivity index is 1.90. The zero-order valence-corrected chi connectivity index (χ0v) is 17.8. The molecule has 0 unspecified atom stereocenters. The first-order chi connectivity index (χ1) is 14.5. The Morgan fingerprint density at radius 3 is 2.61 bits per heavy atom. The molecule has 1 aromatic rings. The summed E-state index contributed by atoms with van der Waals surface area (Å²) in [5.74, 6) is -0.951. The van der Waals surface area contributed by atoms with Gasteiger partial charge in [0.15, 0.2) is 5.78 Å². The second-order valence-corrected chi connectivity index (χ2v) is 7.85. The standard InChI is InChI=1S/C21H26N2O8/c1-5-18(24)15-13-14(8-9-16(15)23(27)28)29-11-12-30-19(25)17-7-6-10-22(17)20(26)31-21(2,3)4/h5,8-9,13,17H,1,6-7,10-12H2,2-4H3/t17-/m0/s1. The highest BCUT2D eigenvalue weighted by atomic mass is 16.6. The number of hydrogen-bond acceptors (Lipinski definition) is 8. The first kappa shape index (κ1) is 23.8. The summed E-state index contributed by atoms with van der Waals surface area (Å²) in [5, 5.41) is 11.0. The minimum Gasteiger partial charge on any atom is -0.490 e. The quantitative estimate of drug-likeness (QED) is 0.152. The number of allylic oxidation sites excluding steroid dienone is 1. The van der Waals surface area contributed by atoms with Crippen molar-refractivity contribution in [2.45, 2.75) is 45.3 Å². The Hall–Kier alpha value is -3.43. The second kappa shape index (κ2) is 10.1. The van der Waals surface area contributed by atoms with E-state index in [1.165, 1.54) is 17.0 Å². The molecule has 1 aliphatic heterocycles. The van der Waals surface area contributed by atoms with Crippen LogP contribution in [0.25, 0.3) is 0 Å². The smallest absolute Gasteiger partial charge is 0.411 e. The number of amides is 1. The number of ketones is 1. The van der Waals surface area contributed by atoms with Crippen molar-refractivity contribution in [2.75, 3.05) is 19.8 Å². The van der Waals surface area contributed by atoms with Gasteiger partial charge in [-0.2, -0.15) is 0 Å². The van der Waals surface area contributed by atoms with E-state index in [2.05, 4.69) is 6.58 Å². The molecule has 1 aliphatic rings. The number of hydrogen-bond donors (Lipinski definition) is 0. The molecule has 0 radical (unpaired) electrons. The zero-order chi connectivity index (χ0) is 23.2. The molecule has 0 spiro atoms. The lowest BCUT2D eigenvalue weighted by Crippen LogP contribution is -2.44. The summed E-state index contributed by atoms with van der Waals surface area (Å²) >= 11 is 0. The van der Waals surface area contributed by atoms with Gasteiger partial charge in [-0.1, -0.05) is 6.58 Å². The average molecular weight is 434 g/mol. The van der Waals surface area contributed by atoms with Gasteiger partial charge in [0.25, 0.3) is 5.69 Å². The van der Waals surface area contributed by atoms with Crippen molar-refractivity contribution in [1.29, 1.82) is 0 Å². The van der Waals surface area contributed by atoms with Crippen LogP contribution in [-0.2, 0) is 14.3 Å². The lowest BCUT2D eigenvalue weighted by molar-refractivity contribution is -0.385. The maximum Gasteiger partial charge on any atom is 0.411 e. The van der Waals surface area contributed by atoms with E-state index in [-0.39, 0.29) is 30.2 Å². The van der Waals surface area contributed by atoms with Crippen molar-refractivity contribution in [1.82, 2.24) is 4.90 Å². The van der Waals surface area contributed by atoms with Crippen molar-refractivity contribution in [3.63, 3.8) is 0 Å². The van der Waals surface area contributed by atoms with Gasteiger partial charge in [-0.25, -0.2) is 9.59 Å². The fraction of sp³-hybridized carbons (Fsp3) is 0.476. The zero-order valence-electron chi connectivity index (χ0n) is 17.8. The van der Waals surface area contributed by atoms with E-state index in [1.807, 2.05) is 0 Å². The Bertz CT molecular complexity index is 875. The highest BCUT2D eigenvalue weighted by Gasteiger charge is 2.37. The SMILES string of the molecule is C=CC(=O)c1cc(OCCOC(=O)[C@@H]2CCCN2C(=O)OC(C)(C)C)ccc1[N+](=O)[O-]. The average Bonchev–Trinajstić information content (AvgIpc) is 3.19. The van der Waals surface area contributed by atoms with Crippen molar-refractivity contribution in [3.8, 4) is 5.75 Å². The molecule has 0 aromatic heterocycles. The summed E-state index contributed by atoms with van der Waals surface area (Å²) in [4.78, 5) is 48.2. The number of carbonyl (C=O) groups excluding carboxylic acids is 3. The summed E-state index contributed by atoms with van der Waals surface area (Å²) < 4.78 is 16.0. The fourth-order valence-corrected chi connectivity index (χ4v) is 3.02. The van der Waals surface area contributed by atoms with Crippen molar-refractivity contribution in [3.05, 3.63) is 46.5 Å². The summed E-state index contributed by atoms with van der Waals surface area (Å²) in [6.07, 6.45) is 1.56. The minimum atomic E-state index is -0.717. The van der Waals surface area contributed by atoms with E-state index < -0.39 is 34.4 Å². The molecule has 2 rings (SSSR count). The van der Waals surface area contributed by atoms with Crippen LogP contribution >= 0.6 is 0 Å². The third kappa shape index (κ3) is 6.53. The molecule has 0 bridgehead atoms. The van der Waals surface area contributed by atoms with Crippen LogP contribution < -0.4 is 4.74 Å². The molecule has 31 heavy (non-hydrogen) atoms. The Morgan fingerprint density at radius 2 is 2.00 bits per heavy atom. The van der Waals surface area contributed by atoms with Gasteiger partial charge in [-0.15, -0.1) is 0 Å². The van der Waals surface area contributed by atoms with Crippen LogP contribution in [0.4, 0.5) is 10.5 Å². The molecule has 0 N–H and O–H groups in total. The maximum absolute atomic E-state index is 12.4. The second-order valence-electron chi connectivity index (χ2n) is 7.85. The molecular weight excluding hydrogens is 408 g/mol. The van der Waals surface area contributed by atoms with Gasteiger partial charge in [0.1, 0.15) is 36.2 Å². The number of rotatable bonds is 8. The Labute approximate surface area is 179 Å². The summed E-state index contributed by atoms with van der Waals surface area (Å²) in [6.45, 7) is 8.85. The number of carbonyl (C=O) groups is 3. The van der Waals surface area contributed by atoms with Gasteiger partial charge in [0.2, 0.25) is 0 Å². The molecule has 1 atom stereocenters.